The molecule has 0 aliphatic heterocycles. The van der Waals surface area contributed by atoms with E-state index in [1.807, 2.05) is 6.92 Å². The highest BCUT2D eigenvalue weighted by Crippen LogP contribution is 2.37. The van der Waals surface area contributed by atoms with Crippen molar-refractivity contribution in [3.05, 3.63) is 75.2 Å². The van der Waals surface area contributed by atoms with Crippen molar-refractivity contribution in [1.29, 1.82) is 0 Å². The minimum atomic E-state index is -4.48. The van der Waals surface area contributed by atoms with E-state index in [2.05, 4.69) is 5.32 Å². The first kappa shape index (κ1) is 36.1. The summed E-state index contributed by atoms with van der Waals surface area (Å²) in [5.74, 6) is -0.521. The number of amides is 2. The van der Waals surface area contributed by atoms with E-state index >= 15 is 0 Å². The lowest BCUT2D eigenvalue weighted by atomic mass is 10.1. The Morgan fingerprint density at radius 1 is 0.889 bits per heavy atom. The Hall–Kier alpha value is -3.38. The second-order valence-corrected chi connectivity index (χ2v) is 13.0. The summed E-state index contributed by atoms with van der Waals surface area (Å²) >= 11 is 19.2. The van der Waals surface area contributed by atoms with Gasteiger partial charge in [-0.1, -0.05) is 54.2 Å². The largest absolute Gasteiger partial charge is 0.495 e. The zero-order valence-electron chi connectivity index (χ0n) is 25.6. The molecule has 14 heteroatoms. The van der Waals surface area contributed by atoms with Crippen LogP contribution in [0.2, 0.25) is 15.1 Å². The summed E-state index contributed by atoms with van der Waals surface area (Å²) in [6, 6.07) is 12.3. The van der Waals surface area contributed by atoms with E-state index < -0.39 is 34.4 Å². The molecule has 0 fully saturated rings. The molecule has 3 rings (SSSR count). The van der Waals surface area contributed by atoms with Crippen LogP contribution < -0.4 is 23.8 Å². The van der Waals surface area contributed by atoms with Crippen molar-refractivity contribution in [2.45, 2.75) is 44.2 Å². The van der Waals surface area contributed by atoms with Crippen molar-refractivity contribution in [3.8, 4) is 17.2 Å². The van der Waals surface area contributed by atoms with E-state index in [4.69, 9.17) is 49.0 Å². The van der Waals surface area contributed by atoms with Gasteiger partial charge in [0.15, 0.2) is 11.5 Å². The summed E-state index contributed by atoms with van der Waals surface area (Å²) in [4.78, 5) is 28.5. The van der Waals surface area contributed by atoms with Crippen molar-refractivity contribution in [2.24, 2.45) is 0 Å². The van der Waals surface area contributed by atoms with Crippen LogP contribution in [0.3, 0.4) is 0 Å². The Morgan fingerprint density at radius 2 is 1.51 bits per heavy atom. The fourth-order valence-corrected chi connectivity index (χ4v) is 6.56. The number of halogens is 3. The third-order valence-corrected chi connectivity index (χ3v) is 9.72. The fourth-order valence-electron chi connectivity index (χ4n) is 4.45. The summed E-state index contributed by atoms with van der Waals surface area (Å²) in [7, 11) is -0.319. The number of unbranched alkanes of at least 4 members (excludes halogenated alkanes) is 1. The maximum Gasteiger partial charge on any atom is 0.265 e. The molecule has 0 saturated carbocycles. The predicted molar refractivity (Wildman–Crippen MR) is 176 cm³/mol. The SMILES string of the molecule is CCCCNC(=O)[C@@H](C)N(Cc1c(Cl)cccc1Cl)C(=O)CN(c1cc(Cl)ccc1OC)S(=O)(=O)c1ccc(OC)c(OC)c1. The van der Waals surface area contributed by atoms with Crippen LogP contribution in [0.1, 0.15) is 32.3 Å². The third-order valence-electron chi connectivity index (χ3n) is 7.02. The number of nitrogens with zero attached hydrogens (tertiary/aromatic N) is 2. The number of hydrogen-bond donors (Lipinski definition) is 1. The second kappa shape index (κ2) is 16.3. The minimum Gasteiger partial charge on any atom is -0.495 e. The Morgan fingerprint density at radius 3 is 2.11 bits per heavy atom. The van der Waals surface area contributed by atoms with Gasteiger partial charge in [-0.25, -0.2) is 8.42 Å². The molecule has 1 N–H and O–H groups in total. The zero-order valence-corrected chi connectivity index (χ0v) is 28.7. The average Bonchev–Trinajstić information content (AvgIpc) is 3.02. The number of methoxy groups -OCH3 is 3. The number of nitrogens with one attached hydrogen (secondary N) is 1. The first-order valence-corrected chi connectivity index (χ1v) is 16.5. The monoisotopic (exact) mass is 699 g/mol. The van der Waals surface area contributed by atoms with E-state index in [1.165, 1.54) is 62.6 Å². The zero-order chi connectivity index (χ0) is 33.3. The number of carbonyl (C=O) groups excluding carboxylic acids is 2. The molecular weight excluding hydrogens is 665 g/mol. The maximum atomic E-state index is 14.3. The maximum absolute atomic E-state index is 14.3. The van der Waals surface area contributed by atoms with E-state index in [1.54, 1.807) is 25.1 Å². The summed E-state index contributed by atoms with van der Waals surface area (Å²) in [6.07, 6.45) is 1.60. The van der Waals surface area contributed by atoms with Gasteiger partial charge < -0.3 is 24.4 Å². The molecule has 244 valence electrons. The Labute approximate surface area is 279 Å². The van der Waals surface area contributed by atoms with Gasteiger partial charge in [0, 0.05) is 39.8 Å². The minimum absolute atomic E-state index is 0.00362. The summed E-state index contributed by atoms with van der Waals surface area (Å²) < 4.78 is 45.6. The molecule has 2 amide bonds. The lowest BCUT2D eigenvalue weighted by molar-refractivity contribution is -0.139. The predicted octanol–water partition coefficient (Wildman–Crippen LogP) is 6.20. The van der Waals surface area contributed by atoms with Gasteiger partial charge in [0.25, 0.3) is 10.0 Å². The van der Waals surface area contributed by atoms with Crippen LogP contribution in [0.15, 0.2) is 59.5 Å². The van der Waals surface area contributed by atoms with Crippen molar-refractivity contribution >= 4 is 62.3 Å². The molecule has 1 atom stereocenters. The van der Waals surface area contributed by atoms with Crippen LogP contribution in [-0.2, 0) is 26.2 Å². The molecule has 3 aromatic rings. The van der Waals surface area contributed by atoms with Crippen LogP contribution in [-0.4, -0.2) is 65.6 Å². The number of benzene rings is 3. The molecule has 0 heterocycles. The summed E-state index contributed by atoms with van der Waals surface area (Å²) in [5.41, 5.74) is 0.404. The molecule has 0 spiro atoms. The van der Waals surface area contributed by atoms with Crippen molar-refractivity contribution in [1.82, 2.24) is 10.2 Å². The standard InChI is InChI=1S/C31H36Cl3N3O7S/c1-6-7-15-35-31(39)20(2)36(18-23-24(33)9-8-10-25(23)34)30(38)19-37(26-16-21(32)11-13-27(26)42-3)45(40,41)22-12-14-28(43-4)29(17-22)44-5/h8-14,16-17,20H,6-7,15,18-19H2,1-5H3,(H,35,39)/t20-/m1/s1. The Bertz CT molecular complexity index is 1600. The van der Waals surface area contributed by atoms with Gasteiger partial charge in [-0.15, -0.1) is 0 Å². The molecule has 3 aromatic carbocycles. The molecule has 0 aliphatic carbocycles. The smallest absolute Gasteiger partial charge is 0.265 e. The highest BCUT2D eigenvalue weighted by Gasteiger charge is 2.35. The van der Waals surface area contributed by atoms with Gasteiger partial charge in [0.1, 0.15) is 18.3 Å². The quantitative estimate of drug-likeness (QED) is 0.188. The van der Waals surface area contributed by atoms with Gasteiger partial charge in [-0.3, -0.25) is 13.9 Å². The van der Waals surface area contributed by atoms with Crippen molar-refractivity contribution in [3.63, 3.8) is 0 Å². The van der Waals surface area contributed by atoms with Crippen molar-refractivity contribution < 1.29 is 32.2 Å². The summed E-state index contributed by atoms with van der Waals surface area (Å²) in [6.45, 7) is 3.05. The van der Waals surface area contributed by atoms with Crippen LogP contribution >= 0.6 is 34.8 Å². The molecule has 0 bridgehead atoms. The van der Waals surface area contributed by atoms with Gasteiger partial charge in [0.05, 0.1) is 31.9 Å². The number of rotatable bonds is 15. The molecule has 10 nitrogen and oxygen atoms in total. The molecule has 0 aromatic heterocycles. The summed E-state index contributed by atoms with van der Waals surface area (Å²) in [5, 5.41) is 3.60. The molecule has 0 radical (unpaired) electrons. The van der Waals surface area contributed by atoms with E-state index in [-0.39, 0.29) is 43.7 Å². The topological polar surface area (TPSA) is 114 Å². The van der Waals surface area contributed by atoms with E-state index in [9.17, 15) is 18.0 Å². The first-order valence-electron chi connectivity index (χ1n) is 14.0. The Balaban J connectivity index is 2.16. The number of sulfonamides is 1. The van der Waals surface area contributed by atoms with Gasteiger partial charge >= 0.3 is 0 Å². The highest BCUT2D eigenvalue weighted by atomic mass is 35.5. The van der Waals surface area contributed by atoms with Crippen LogP contribution in [0.5, 0.6) is 17.2 Å². The normalized spacial score (nSPS) is 11.8. The van der Waals surface area contributed by atoms with Crippen molar-refractivity contribution in [2.75, 3.05) is 38.7 Å². The number of hydrogen-bond acceptors (Lipinski definition) is 7. The first-order chi connectivity index (χ1) is 21.4. The van der Waals surface area contributed by atoms with Gasteiger partial charge in [-0.2, -0.15) is 0 Å². The van der Waals surface area contributed by atoms with Crippen LogP contribution in [0.25, 0.3) is 0 Å². The lowest BCUT2D eigenvalue weighted by Crippen LogP contribution is -2.51. The second-order valence-electron chi connectivity index (χ2n) is 9.89. The molecule has 45 heavy (non-hydrogen) atoms. The molecular formula is C31H36Cl3N3O7S. The van der Waals surface area contributed by atoms with Gasteiger partial charge in [0.2, 0.25) is 11.8 Å². The fraction of sp³-hybridized carbons (Fsp3) is 0.355. The highest BCUT2D eigenvalue weighted by molar-refractivity contribution is 7.92. The van der Waals surface area contributed by atoms with Gasteiger partial charge in [-0.05, 0) is 55.8 Å². The number of ether oxygens (including phenoxy) is 3. The number of carbonyl (C=O) groups is 2. The van der Waals surface area contributed by atoms with E-state index in [0.717, 1.165) is 17.1 Å². The van der Waals surface area contributed by atoms with Crippen LogP contribution in [0.4, 0.5) is 5.69 Å². The van der Waals surface area contributed by atoms with E-state index in [0.29, 0.717) is 17.9 Å². The molecule has 0 aliphatic rings. The third kappa shape index (κ3) is 8.66. The Kier molecular flexibility index (Phi) is 13.0. The molecule has 0 saturated heterocycles. The molecule has 0 unspecified atom stereocenters. The lowest BCUT2D eigenvalue weighted by Gasteiger charge is -2.32. The number of anilines is 1. The average molecular weight is 701 g/mol. The van der Waals surface area contributed by atoms with Crippen LogP contribution in [0, 0.1) is 0 Å².